The number of rotatable bonds is 8. The minimum absolute atomic E-state index is 0.0183. The van der Waals surface area contributed by atoms with Crippen molar-refractivity contribution < 1.29 is 4.79 Å². The second-order valence-electron chi connectivity index (χ2n) is 7.81. The Morgan fingerprint density at radius 1 is 1.09 bits per heavy atom. The Morgan fingerprint density at radius 2 is 1.91 bits per heavy atom. The molecular formula is C25H23N3O2S3. The molecule has 2 heterocycles. The zero-order valence-electron chi connectivity index (χ0n) is 17.9. The van der Waals surface area contributed by atoms with E-state index in [2.05, 4.69) is 27.4 Å². The highest BCUT2D eigenvalue weighted by atomic mass is 32.2. The number of amides is 1. The number of aromatic amines is 1. The SMILES string of the molecule is O=C(CCSCc1nc2sc3c(c2c(=O)[nH]1)CCC3)Nc1ccccc1Sc1ccccc1. The van der Waals surface area contributed by atoms with Crippen LogP contribution in [-0.4, -0.2) is 21.6 Å². The van der Waals surface area contributed by atoms with E-state index in [0.29, 0.717) is 23.8 Å². The van der Waals surface area contributed by atoms with Crippen LogP contribution in [0.4, 0.5) is 5.69 Å². The van der Waals surface area contributed by atoms with E-state index in [1.54, 1.807) is 34.9 Å². The summed E-state index contributed by atoms with van der Waals surface area (Å²) in [7, 11) is 0. The number of aromatic nitrogens is 2. The summed E-state index contributed by atoms with van der Waals surface area (Å²) >= 11 is 4.89. The predicted molar refractivity (Wildman–Crippen MR) is 139 cm³/mol. The summed E-state index contributed by atoms with van der Waals surface area (Å²) in [6, 6.07) is 18.0. The van der Waals surface area contributed by atoms with Crippen molar-refractivity contribution >= 4 is 56.7 Å². The zero-order valence-corrected chi connectivity index (χ0v) is 20.4. The minimum atomic E-state index is -0.0275. The fourth-order valence-electron chi connectivity index (χ4n) is 3.94. The molecule has 2 aromatic carbocycles. The summed E-state index contributed by atoms with van der Waals surface area (Å²) in [5.41, 5.74) is 1.99. The molecule has 8 heteroatoms. The molecule has 0 aliphatic heterocycles. The second-order valence-corrected chi connectivity index (χ2v) is 11.1. The molecule has 1 aliphatic rings. The van der Waals surface area contributed by atoms with Crippen LogP contribution in [0.25, 0.3) is 10.2 Å². The fraction of sp³-hybridized carbons (Fsp3) is 0.240. The third kappa shape index (κ3) is 5.18. The number of H-pyrrole nitrogens is 1. The summed E-state index contributed by atoms with van der Waals surface area (Å²) in [4.78, 5) is 37.0. The topological polar surface area (TPSA) is 74.8 Å². The number of anilines is 1. The van der Waals surface area contributed by atoms with Crippen LogP contribution in [0.5, 0.6) is 0 Å². The van der Waals surface area contributed by atoms with E-state index >= 15 is 0 Å². The summed E-state index contributed by atoms with van der Waals surface area (Å²) in [5, 5.41) is 3.82. The Kier molecular flexibility index (Phi) is 6.85. The van der Waals surface area contributed by atoms with Crippen molar-refractivity contribution in [2.75, 3.05) is 11.1 Å². The smallest absolute Gasteiger partial charge is 0.259 e. The Balaban J connectivity index is 1.15. The molecular weight excluding hydrogens is 470 g/mol. The predicted octanol–water partition coefficient (Wildman–Crippen LogP) is 5.89. The van der Waals surface area contributed by atoms with Crippen LogP contribution in [0.1, 0.15) is 29.1 Å². The minimum Gasteiger partial charge on any atom is -0.325 e. The van der Waals surface area contributed by atoms with Crippen LogP contribution in [0, 0.1) is 0 Å². The van der Waals surface area contributed by atoms with Crippen molar-refractivity contribution in [3.63, 3.8) is 0 Å². The zero-order chi connectivity index (χ0) is 22.6. The molecule has 0 saturated carbocycles. The van der Waals surface area contributed by atoms with E-state index in [1.807, 2.05) is 42.5 Å². The van der Waals surface area contributed by atoms with Gasteiger partial charge in [0.1, 0.15) is 10.7 Å². The highest BCUT2D eigenvalue weighted by molar-refractivity contribution is 7.99. The first-order valence-corrected chi connectivity index (χ1v) is 13.7. The molecule has 5 nitrogen and oxygen atoms in total. The van der Waals surface area contributed by atoms with Gasteiger partial charge in [0.25, 0.3) is 5.56 Å². The summed E-state index contributed by atoms with van der Waals surface area (Å²) in [6.07, 6.45) is 3.57. The summed E-state index contributed by atoms with van der Waals surface area (Å²) in [6.45, 7) is 0. The molecule has 0 atom stereocenters. The highest BCUT2D eigenvalue weighted by Gasteiger charge is 2.21. The van der Waals surface area contributed by atoms with E-state index in [0.717, 1.165) is 45.0 Å². The largest absolute Gasteiger partial charge is 0.325 e. The molecule has 0 spiro atoms. The molecule has 4 aromatic rings. The van der Waals surface area contributed by atoms with Crippen LogP contribution < -0.4 is 10.9 Å². The van der Waals surface area contributed by atoms with E-state index in [-0.39, 0.29) is 11.5 Å². The number of aryl methyl sites for hydroxylation is 2. The van der Waals surface area contributed by atoms with Gasteiger partial charge in [-0.2, -0.15) is 11.8 Å². The number of thiophene rings is 1. The van der Waals surface area contributed by atoms with E-state index in [4.69, 9.17) is 0 Å². The molecule has 0 radical (unpaired) electrons. The van der Waals surface area contributed by atoms with Crippen LogP contribution in [0.3, 0.4) is 0 Å². The van der Waals surface area contributed by atoms with Gasteiger partial charge in [-0.05, 0) is 49.1 Å². The average molecular weight is 494 g/mol. The number of nitrogens with zero attached hydrogens (tertiary/aromatic N) is 1. The molecule has 0 unspecified atom stereocenters. The van der Waals surface area contributed by atoms with Gasteiger partial charge in [0.05, 0.1) is 16.8 Å². The standard InChI is InChI=1S/C25H23N3O2S3/c29-22(26-18-10-4-5-11-20(18)32-16-7-2-1-3-8-16)13-14-31-15-21-27-24(30)23-17-9-6-12-19(17)33-25(23)28-21/h1-5,7-8,10-11H,6,9,12-15H2,(H,26,29)(H,27,28,30). The third-order valence-corrected chi connectivity index (χ3v) is 8.71. The number of benzene rings is 2. The van der Waals surface area contributed by atoms with E-state index in [9.17, 15) is 9.59 Å². The third-order valence-electron chi connectivity index (χ3n) is 5.47. The number of carbonyl (C=O) groups is 1. The molecule has 2 aromatic heterocycles. The number of thioether (sulfide) groups is 1. The van der Waals surface area contributed by atoms with Crippen molar-refractivity contribution in [3.8, 4) is 0 Å². The summed E-state index contributed by atoms with van der Waals surface area (Å²) in [5.74, 6) is 1.90. The highest BCUT2D eigenvalue weighted by Crippen LogP contribution is 2.35. The molecule has 168 valence electrons. The van der Waals surface area contributed by atoms with Gasteiger partial charge in [-0.25, -0.2) is 4.98 Å². The van der Waals surface area contributed by atoms with Crippen molar-refractivity contribution in [2.45, 2.75) is 41.2 Å². The molecule has 1 aliphatic carbocycles. The maximum absolute atomic E-state index is 12.6. The van der Waals surface area contributed by atoms with Gasteiger partial charge < -0.3 is 10.3 Å². The van der Waals surface area contributed by atoms with E-state index in [1.165, 1.54) is 10.4 Å². The number of hydrogen-bond acceptors (Lipinski definition) is 6. The van der Waals surface area contributed by atoms with Gasteiger partial charge in [0.15, 0.2) is 0 Å². The lowest BCUT2D eigenvalue weighted by molar-refractivity contribution is -0.115. The van der Waals surface area contributed by atoms with Crippen molar-refractivity contribution in [1.29, 1.82) is 0 Å². The Labute approximate surface area is 204 Å². The maximum Gasteiger partial charge on any atom is 0.259 e. The molecule has 33 heavy (non-hydrogen) atoms. The first kappa shape index (κ1) is 22.3. The molecule has 1 amide bonds. The van der Waals surface area contributed by atoms with Gasteiger partial charge in [0, 0.05) is 26.8 Å². The lowest BCUT2D eigenvalue weighted by atomic mass is 10.2. The lowest BCUT2D eigenvalue weighted by Gasteiger charge is -2.10. The number of para-hydroxylation sites is 1. The van der Waals surface area contributed by atoms with Crippen LogP contribution >= 0.6 is 34.9 Å². The quantitative estimate of drug-likeness (QED) is 0.300. The Bertz CT molecular complexity index is 1350. The van der Waals surface area contributed by atoms with Crippen molar-refractivity contribution in [1.82, 2.24) is 9.97 Å². The summed E-state index contributed by atoms with van der Waals surface area (Å²) < 4.78 is 0. The normalized spacial score (nSPS) is 12.7. The van der Waals surface area contributed by atoms with Gasteiger partial charge in [-0.1, -0.05) is 42.1 Å². The first-order chi connectivity index (χ1) is 16.2. The van der Waals surface area contributed by atoms with Gasteiger partial charge >= 0.3 is 0 Å². The van der Waals surface area contributed by atoms with Crippen LogP contribution in [0.2, 0.25) is 0 Å². The number of carbonyl (C=O) groups excluding carboxylic acids is 1. The lowest BCUT2D eigenvalue weighted by Crippen LogP contribution is -2.13. The average Bonchev–Trinajstić information content (AvgIpc) is 3.40. The van der Waals surface area contributed by atoms with Crippen molar-refractivity contribution in [2.24, 2.45) is 0 Å². The van der Waals surface area contributed by atoms with Crippen molar-refractivity contribution in [3.05, 3.63) is 81.2 Å². The monoisotopic (exact) mass is 493 g/mol. The van der Waals surface area contributed by atoms with Gasteiger partial charge in [0.2, 0.25) is 5.91 Å². The first-order valence-electron chi connectivity index (χ1n) is 10.9. The molecule has 0 saturated heterocycles. The van der Waals surface area contributed by atoms with E-state index < -0.39 is 0 Å². The molecule has 0 bridgehead atoms. The molecule has 2 N–H and O–H groups in total. The molecule has 5 rings (SSSR count). The maximum atomic E-state index is 12.6. The Morgan fingerprint density at radius 3 is 2.79 bits per heavy atom. The second kappa shape index (κ2) is 10.2. The number of fused-ring (bicyclic) bond motifs is 3. The molecule has 0 fully saturated rings. The van der Waals surface area contributed by atoms with Gasteiger partial charge in [-0.3, -0.25) is 9.59 Å². The number of nitrogens with one attached hydrogen (secondary N) is 2. The number of hydrogen-bond donors (Lipinski definition) is 2. The Hall–Kier alpha value is -2.55. The van der Waals surface area contributed by atoms with Crippen LogP contribution in [0.15, 0.2) is 69.2 Å². The van der Waals surface area contributed by atoms with Gasteiger partial charge in [-0.15, -0.1) is 11.3 Å². The van der Waals surface area contributed by atoms with Crippen LogP contribution in [-0.2, 0) is 23.4 Å². The fourth-order valence-corrected chi connectivity index (χ4v) is 6.94.